The SMILES string of the molecule is CN1CN(CC2Cc3ccccc3O2)C(=O)c2c(O)c(=O)c(C(=O)CCc3ccc(F)cc3F)cn21. The van der Waals surface area contributed by atoms with Crippen molar-refractivity contribution in [2.45, 2.75) is 25.4 Å². The Morgan fingerprint density at radius 1 is 1.17 bits per heavy atom. The highest BCUT2D eigenvalue weighted by Crippen LogP contribution is 2.29. The standard InChI is InChI=1S/C26H23F2N3O5/c1-29-14-30(12-18-10-16-4-2-3-5-22(16)36-18)26(35)23-25(34)24(33)19(13-31(23)29)21(32)9-7-15-6-8-17(27)11-20(15)28/h2-6,8,11,13,18,34H,7,9-10,12,14H2,1H3. The maximum absolute atomic E-state index is 13.9. The Hall–Kier alpha value is -4.21. The van der Waals surface area contributed by atoms with E-state index in [1.165, 1.54) is 21.8 Å². The van der Waals surface area contributed by atoms with Crippen LogP contribution in [0.15, 0.2) is 53.5 Å². The van der Waals surface area contributed by atoms with Crippen LogP contribution >= 0.6 is 0 Å². The van der Waals surface area contributed by atoms with Crippen molar-refractivity contribution >= 4 is 11.7 Å². The highest BCUT2D eigenvalue weighted by molar-refractivity contribution is 6.00. The number of ether oxygens (including phenoxy) is 1. The molecule has 2 aliphatic heterocycles. The van der Waals surface area contributed by atoms with Crippen LogP contribution < -0.4 is 15.2 Å². The zero-order chi connectivity index (χ0) is 25.6. The van der Waals surface area contributed by atoms with Crippen molar-refractivity contribution in [1.29, 1.82) is 0 Å². The highest BCUT2D eigenvalue weighted by Gasteiger charge is 2.35. The molecular weight excluding hydrogens is 472 g/mol. The third-order valence-corrected chi connectivity index (χ3v) is 6.47. The van der Waals surface area contributed by atoms with Crippen molar-refractivity contribution in [3.05, 3.63) is 92.9 Å². The molecule has 0 fully saturated rings. The van der Waals surface area contributed by atoms with Gasteiger partial charge in [-0.2, -0.15) is 0 Å². The number of hydrogen-bond acceptors (Lipinski definition) is 6. The number of aromatic nitrogens is 1. The zero-order valence-electron chi connectivity index (χ0n) is 19.4. The second-order valence-corrected chi connectivity index (χ2v) is 8.95. The van der Waals surface area contributed by atoms with Gasteiger partial charge in [-0.15, -0.1) is 0 Å². The summed E-state index contributed by atoms with van der Waals surface area (Å²) < 4.78 is 34.2. The molecule has 36 heavy (non-hydrogen) atoms. The molecule has 0 aliphatic carbocycles. The Balaban J connectivity index is 1.35. The van der Waals surface area contributed by atoms with Crippen molar-refractivity contribution in [3.8, 4) is 11.5 Å². The van der Waals surface area contributed by atoms with Crippen LogP contribution in [0, 0.1) is 11.6 Å². The molecule has 0 saturated carbocycles. The number of fused-ring (bicyclic) bond motifs is 2. The summed E-state index contributed by atoms with van der Waals surface area (Å²) in [7, 11) is 1.65. The van der Waals surface area contributed by atoms with Gasteiger partial charge in [0, 0.05) is 32.2 Å². The van der Waals surface area contributed by atoms with Gasteiger partial charge in [-0.05, 0) is 29.7 Å². The van der Waals surface area contributed by atoms with E-state index in [2.05, 4.69) is 0 Å². The fourth-order valence-corrected chi connectivity index (χ4v) is 4.63. The first-order valence-corrected chi connectivity index (χ1v) is 11.4. The zero-order valence-corrected chi connectivity index (χ0v) is 19.4. The number of hydrogen-bond donors (Lipinski definition) is 1. The van der Waals surface area contributed by atoms with E-state index < -0.39 is 34.5 Å². The third-order valence-electron chi connectivity index (χ3n) is 6.47. The van der Waals surface area contributed by atoms with Crippen molar-refractivity contribution in [2.75, 3.05) is 25.3 Å². The van der Waals surface area contributed by atoms with Gasteiger partial charge < -0.3 is 14.7 Å². The molecule has 2 aromatic carbocycles. The predicted octanol–water partition coefficient (Wildman–Crippen LogP) is 2.63. The van der Waals surface area contributed by atoms with Crippen molar-refractivity contribution in [1.82, 2.24) is 9.58 Å². The van der Waals surface area contributed by atoms with E-state index >= 15 is 0 Å². The second kappa shape index (κ2) is 9.10. The molecule has 1 N–H and O–H groups in total. The Kier molecular flexibility index (Phi) is 5.95. The summed E-state index contributed by atoms with van der Waals surface area (Å²) in [6.07, 6.45) is 1.29. The van der Waals surface area contributed by atoms with E-state index in [0.29, 0.717) is 6.42 Å². The molecule has 3 heterocycles. The number of aryl methyl sites for hydroxylation is 1. The van der Waals surface area contributed by atoms with Gasteiger partial charge in [0.1, 0.15) is 30.2 Å². The lowest BCUT2D eigenvalue weighted by atomic mass is 10.0. The smallest absolute Gasteiger partial charge is 0.278 e. The van der Waals surface area contributed by atoms with E-state index in [1.54, 1.807) is 12.1 Å². The summed E-state index contributed by atoms with van der Waals surface area (Å²) in [6.45, 7) is 0.383. The van der Waals surface area contributed by atoms with Crippen molar-refractivity contribution in [2.24, 2.45) is 0 Å². The predicted molar refractivity (Wildman–Crippen MR) is 126 cm³/mol. The minimum Gasteiger partial charge on any atom is -0.502 e. The molecule has 186 valence electrons. The number of nitrogens with zero attached hydrogens (tertiary/aromatic N) is 3. The molecule has 1 aromatic heterocycles. The number of pyridine rings is 1. The second-order valence-electron chi connectivity index (χ2n) is 8.95. The quantitative estimate of drug-likeness (QED) is 0.529. The van der Waals surface area contributed by atoms with Crippen molar-refractivity contribution < 1.29 is 28.2 Å². The molecule has 3 aromatic rings. The molecule has 0 bridgehead atoms. The summed E-state index contributed by atoms with van der Waals surface area (Å²) in [6, 6.07) is 10.7. The van der Waals surface area contributed by atoms with Gasteiger partial charge in [0.05, 0.1) is 12.1 Å². The van der Waals surface area contributed by atoms with Crippen LogP contribution in [0.3, 0.4) is 0 Å². The van der Waals surface area contributed by atoms with Gasteiger partial charge in [0.25, 0.3) is 5.91 Å². The number of carbonyl (C=O) groups is 2. The number of ketones is 1. The monoisotopic (exact) mass is 495 g/mol. The van der Waals surface area contributed by atoms with Crippen LogP contribution in [0.25, 0.3) is 0 Å². The van der Waals surface area contributed by atoms with Gasteiger partial charge in [-0.25, -0.2) is 8.78 Å². The molecule has 1 amide bonds. The van der Waals surface area contributed by atoms with Crippen LogP contribution in [-0.4, -0.2) is 52.7 Å². The first kappa shape index (κ1) is 23.5. The lowest BCUT2D eigenvalue weighted by Gasteiger charge is -2.38. The lowest BCUT2D eigenvalue weighted by molar-refractivity contribution is 0.0610. The molecule has 5 rings (SSSR count). The summed E-state index contributed by atoms with van der Waals surface area (Å²) in [4.78, 5) is 40.3. The van der Waals surface area contributed by atoms with Crippen LogP contribution in [0.2, 0.25) is 0 Å². The van der Waals surface area contributed by atoms with E-state index in [0.717, 1.165) is 23.4 Å². The minimum absolute atomic E-state index is 0.0563. The first-order chi connectivity index (χ1) is 17.2. The molecular formula is C26H23F2N3O5. The van der Waals surface area contributed by atoms with Gasteiger partial charge in [0.2, 0.25) is 5.43 Å². The molecule has 2 aliphatic rings. The molecule has 1 unspecified atom stereocenters. The van der Waals surface area contributed by atoms with Crippen molar-refractivity contribution in [3.63, 3.8) is 0 Å². The summed E-state index contributed by atoms with van der Waals surface area (Å²) in [5.74, 6) is -2.77. The Morgan fingerprint density at radius 2 is 1.94 bits per heavy atom. The van der Waals surface area contributed by atoms with Crippen LogP contribution in [0.4, 0.5) is 8.78 Å². The molecule has 0 saturated heterocycles. The summed E-state index contributed by atoms with van der Waals surface area (Å²) in [5, 5.41) is 12.2. The number of aromatic hydroxyl groups is 1. The topological polar surface area (TPSA) is 92.1 Å². The summed E-state index contributed by atoms with van der Waals surface area (Å²) in [5.41, 5.74) is -0.361. The van der Waals surface area contributed by atoms with Gasteiger partial charge in [0.15, 0.2) is 17.2 Å². The minimum atomic E-state index is -0.973. The Labute approximate surface area is 204 Å². The Bertz CT molecular complexity index is 1410. The number of carbonyl (C=O) groups excluding carboxylic acids is 2. The van der Waals surface area contributed by atoms with E-state index in [9.17, 15) is 28.3 Å². The highest BCUT2D eigenvalue weighted by atomic mass is 19.1. The molecule has 0 radical (unpaired) electrons. The number of para-hydroxylation sites is 1. The maximum atomic E-state index is 13.9. The van der Waals surface area contributed by atoms with E-state index in [1.807, 2.05) is 24.3 Å². The van der Waals surface area contributed by atoms with Gasteiger partial charge in [-0.1, -0.05) is 24.3 Å². The molecule has 1 atom stereocenters. The van der Waals surface area contributed by atoms with Crippen LogP contribution in [0.1, 0.15) is 38.4 Å². The summed E-state index contributed by atoms with van der Waals surface area (Å²) >= 11 is 0. The number of Topliss-reactive ketones (excluding diaryl/α,β-unsaturated/α-hetero) is 1. The molecule has 8 nitrogen and oxygen atoms in total. The molecule has 0 spiro atoms. The van der Waals surface area contributed by atoms with Crippen LogP contribution in [0.5, 0.6) is 11.5 Å². The number of benzene rings is 2. The lowest BCUT2D eigenvalue weighted by Crippen LogP contribution is -2.54. The van der Waals surface area contributed by atoms with E-state index in [4.69, 9.17) is 4.74 Å². The maximum Gasteiger partial charge on any atom is 0.278 e. The normalized spacial score (nSPS) is 16.5. The largest absolute Gasteiger partial charge is 0.502 e. The fraction of sp³-hybridized carbons (Fsp3) is 0.269. The number of halogens is 2. The van der Waals surface area contributed by atoms with Crippen LogP contribution in [-0.2, 0) is 12.8 Å². The van der Waals surface area contributed by atoms with Gasteiger partial charge in [-0.3, -0.25) is 24.1 Å². The van der Waals surface area contributed by atoms with Gasteiger partial charge >= 0.3 is 0 Å². The first-order valence-electron chi connectivity index (χ1n) is 11.4. The average molecular weight is 495 g/mol. The number of rotatable bonds is 6. The average Bonchev–Trinajstić information content (AvgIpc) is 3.25. The number of amides is 1. The Morgan fingerprint density at radius 3 is 2.69 bits per heavy atom. The fourth-order valence-electron chi connectivity index (χ4n) is 4.63. The van der Waals surface area contributed by atoms with E-state index in [-0.39, 0.29) is 49.0 Å². The third kappa shape index (κ3) is 4.19. The molecule has 10 heteroatoms.